The van der Waals surface area contributed by atoms with Gasteiger partial charge in [-0.25, -0.2) is 9.67 Å². The Balaban J connectivity index is 2.13. The van der Waals surface area contributed by atoms with Crippen LogP contribution in [-0.2, 0) is 13.1 Å². The monoisotopic (exact) mass is 258 g/mol. The lowest BCUT2D eigenvalue weighted by molar-refractivity contribution is 0.634. The van der Waals surface area contributed by atoms with Crippen LogP contribution in [0.25, 0.3) is 0 Å². The number of rotatable bonds is 6. The Morgan fingerprint density at radius 2 is 1.89 bits per heavy atom. The molecule has 102 valence electrons. The summed E-state index contributed by atoms with van der Waals surface area (Å²) in [6.07, 6.45) is 1.16. The van der Waals surface area contributed by atoms with Crippen molar-refractivity contribution in [2.24, 2.45) is 0 Å². The molecule has 0 spiro atoms. The van der Waals surface area contributed by atoms with Crippen LogP contribution < -0.4 is 5.32 Å². The van der Waals surface area contributed by atoms with Crippen molar-refractivity contribution < 1.29 is 0 Å². The average Bonchev–Trinajstić information content (AvgIpc) is 2.70. The molecule has 2 aromatic rings. The maximum absolute atomic E-state index is 4.43. The second-order valence-corrected chi connectivity index (χ2v) is 4.81. The standard InChI is InChI=1S/C15H22N4/c1-4-9-16-10-14-7-5-6-8-15(14)11-19-13(3)17-12(2)18-19/h5-8,16H,4,9-11H2,1-3H3. The van der Waals surface area contributed by atoms with Gasteiger partial charge in [0.05, 0.1) is 6.54 Å². The van der Waals surface area contributed by atoms with Gasteiger partial charge in [0, 0.05) is 6.54 Å². The van der Waals surface area contributed by atoms with Crippen LogP contribution in [0.2, 0.25) is 0 Å². The summed E-state index contributed by atoms with van der Waals surface area (Å²) >= 11 is 0. The number of hydrogen-bond acceptors (Lipinski definition) is 3. The summed E-state index contributed by atoms with van der Waals surface area (Å²) in [5, 5.41) is 7.88. The topological polar surface area (TPSA) is 42.7 Å². The van der Waals surface area contributed by atoms with Crippen LogP contribution in [0.3, 0.4) is 0 Å². The van der Waals surface area contributed by atoms with Crippen molar-refractivity contribution in [2.45, 2.75) is 40.3 Å². The molecule has 0 atom stereocenters. The minimum absolute atomic E-state index is 0.788. The SMILES string of the molecule is CCCNCc1ccccc1Cn1nc(C)nc1C. The highest BCUT2D eigenvalue weighted by molar-refractivity contribution is 5.27. The number of benzene rings is 1. The highest BCUT2D eigenvalue weighted by Gasteiger charge is 2.06. The van der Waals surface area contributed by atoms with Gasteiger partial charge in [0.25, 0.3) is 0 Å². The average molecular weight is 258 g/mol. The number of aromatic nitrogens is 3. The minimum atomic E-state index is 0.788. The maximum atomic E-state index is 4.43. The Kier molecular flexibility index (Phi) is 4.68. The van der Waals surface area contributed by atoms with Crippen LogP contribution in [0.15, 0.2) is 24.3 Å². The Hall–Kier alpha value is -1.68. The number of hydrogen-bond donors (Lipinski definition) is 1. The normalized spacial score (nSPS) is 10.9. The summed E-state index contributed by atoms with van der Waals surface area (Å²) in [5.74, 6) is 1.80. The van der Waals surface area contributed by atoms with Crippen molar-refractivity contribution in [3.63, 3.8) is 0 Å². The first kappa shape index (κ1) is 13.7. The van der Waals surface area contributed by atoms with Gasteiger partial charge in [-0.05, 0) is 37.9 Å². The van der Waals surface area contributed by atoms with Gasteiger partial charge < -0.3 is 5.32 Å². The van der Waals surface area contributed by atoms with Gasteiger partial charge >= 0.3 is 0 Å². The Labute approximate surface area is 114 Å². The molecule has 1 aromatic carbocycles. The van der Waals surface area contributed by atoms with Gasteiger partial charge in [0.15, 0.2) is 0 Å². The van der Waals surface area contributed by atoms with Crippen LogP contribution >= 0.6 is 0 Å². The van der Waals surface area contributed by atoms with Gasteiger partial charge in [-0.3, -0.25) is 0 Å². The molecule has 0 aliphatic heterocycles. The van der Waals surface area contributed by atoms with E-state index in [4.69, 9.17) is 0 Å². The number of nitrogens with one attached hydrogen (secondary N) is 1. The van der Waals surface area contributed by atoms with Gasteiger partial charge in [-0.15, -0.1) is 0 Å². The van der Waals surface area contributed by atoms with Crippen LogP contribution in [0.5, 0.6) is 0 Å². The lowest BCUT2D eigenvalue weighted by Crippen LogP contribution is -2.16. The molecule has 0 saturated heterocycles. The van der Waals surface area contributed by atoms with Crippen molar-refractivity contribution in [2.75, 3.05) is 6.54 Å². The molecule has 0 aliphatic rings. The van der Waals surface area contributed by atoms with E-state index >= 15 is 0 Å². The molecule has 1 N–H and O–H groups in total. The van der Waals surface area contributed by atoms with E-state index < -0.39 is 0 Å². The molecule has 4 nitrogen and oxygen atoms in total. The molecule has 0 saturated carbocycles. The lowest BCUT2D eigenvalue weighted by Gasteiger charge is -2.11. The lowest BCUT2D eigenvalue weighted by atomic mass is 10.1. The van der Waals surface area contributed by atoms with Crippen molar-refractivity contribution in [3.05, 3.63) is 47.0 Å². The zero-order chi connectivity index (χ0) is 13.7. The van der Waals surface area contributed by atoms with Crippen molar-refractivity contribution in [1.29, 1.82) is 0 Å². The van der Waals surface area contributed by atoms with Crippen molar-refractivity contribution in [1.82, 2.24) is 20.1 Å². The molecule has 1 heterocycles. The molecule has 4 heteroatoms. The summed E-state index contributed by atoms with van der Waals surface area (Å²) in [6, 6.07) is 8.51. The predicted octanol–water partition coefficient (Wildman–Crippen LogP) is 2.44. The van der Waals surface area contributed by atoms with E-state index in [0.717, 1.165) is 37.7 Å². The molecule has 1 aromatic heterocycles. The molecule has 2 rings (SSSR count). The zero-order valence-corrected chi connectivity index (χ0v) is 12.0. The van der Waals surface area contributed by atoms with E-state index in [1.807, 2.05) is 18.5 Å². The summed E-state index contributed by atoms with van der Waals surface area (Å²) in [6.45, 7) is 8.86. The first-order valence-corrected chi connectivity index (χ1v) is 6.86. The van der Waals surface area contributed by atoms with Crippen molar-refractivity contribution >= 4 is 0 Å². The third-order valence-electron chi connectivity index (χ3n) is 3.14. The predicted molar refractivity (Wildman–Crippen MR) is 77.0 cm³/mol. The number of aryl methyl sites for hydroxylation is 2. The van der Waals surface area contributed by atoms with Crippen LogP contribution in [0.4, 0.5) is 0 Å². The molecule has 0 amide bonds. The van der Waals surface area contributed by atoms with Gasteiger partial charge in [0.1, 0.15) is 11.6 Å². The summed E-state index contributed by atoms with van der Waals surface area (Å²) < 4.78 is 1.97. The van der Waals surface area contributed by atoms with Gasteiger partial charge in [0.2, 0.25) is 0 Å². The molecule has 0 fully saturated rings. The number of nitrogens with zero attached hydrogens (tertiary/aromatic N) is 3. The van der Waals surface area contributed by atoms with E-state index in [9.17, 15) is 0 Å². The fourth-order valence-electron chi connectivity index (χ4n) is 2.16. The Bertz CT molecular complexity index is 531. The summed E-state index contributed by atoms with van der Waals surface area (Å²) in [5.41, 5.74) is 2.64. The van der Waals surface area contributed by atoms with Gasteiger partial charge in [-0.1, -0.05) is 31.2 Å². The van der Waals surface area contributed by atoms with Crippen LogP contribution in [0, 0.1) is 13.8 Å². The third kappa shape index (κ3) is 3.64. The second kappa shape index (κ2) is 6.48. The molecular formula is C15H22N4. The Morgan fingerprint density at radius 3 is 2.53 bits per heavy atom. The van der Waals surface area contributed by atoms with E-state index in [0.29, 0.717) is 0 Å². The molecule has 0 aliphatic carbocycles. The smallest absolute Gasteiger partial charge is 0.147 e. The molecular weight excluding hydrogens is 236 g/mol. The van der Waals surface area contributed by atoms with Crippen molar-refractivity contribution in [3.8, 4) is 0 Å². The Morgan fingerprint density at radius 1 is 1.16 bits per heavy atom. The molecule has 0 radical (unpaired) electrons. The van der Waals surface area contributed by atoms with Gasteiger partial charge in [-0.2, -0.15) is 5.10 Å². The van der Waals surface area contributed by atoms with Crippen LogP contribution in [-0.4, -0.2) is 21.3 Å². The third-order valence-corrected chi connectivity index (χ3v) is 3.14. The van der Waals surface area contributed by atoms with E-state index in [2.05, 4.69) is 46.6 Å². The highest BCUT2D eigenvalue weighted by Crippen LogP contribution is 2.11. The second-order valence-electron chi connectivity index (χ2n) is 4.81. The summed E-state index contributed by atoms with van der Waals surface area (Å²) in [7, 11) is 0. The first-order chi connectivity index (χ1) is 9.20. The van der Waals surface area contributed by atoms with E-state index in [1.54, 1.807) is 0 Å². The molecule has 19 heavy (non-hydrogen) atoms. The summed E-state index contributed by atoms with van der Waals surface area (Å²) in [4.78, 5) is 4.35. The largest absolute Gasteiger partial charge is 0.313 e. The van der Waals surface area contributed by atoms with Crippen LogP contribution in [0.1, 0.15) is 36.1 Å². The molecule has 0 bridgehead atoms. The van der Waals surface area contributed by atoms with E-state index in [-0.39, 0.29) is 0 Å². The minimum Gasteiger partial charge on any atom is -0.313 e. The fraction of sp³-hybridized carbons (Fsp3) is 0.467. The first-order valence-electron chi connectivity index (χ1n) is 6.86. The molecule has 0 unspecified atom stereocenters. The fourth-order valence-corrected chi connectivity index (χ4v) is 2.16. The highest BCUT2D eigenvalue weighted by atomic mass is 15.3. The zero-order valence-electron chi connectivity index (χ0n) is 12.0. The quantitative estimate of drug-likeness (QED) is 0.809. The maximum Gasteiger partial charge on any atom is 0.147 e. The van der Waals surface area contributed by atoms with E-state index in [1.165, 1.54) is 11.1 Å².